The van der Waals surface area contributed by atoms with Crippen molar-refractivity contribution in [2.24, 2.45) is 54.7 Å². The third-order valence-electron chi connectivity index (χ3n) is 17.1. The lowest BCUT2D eigenvalue weighted by Gasteiger charge is -2.32. The third kappa shape index (κ3) is 21.2. The van der Waals surface area contributed by atoms with Gasteiger partial charge >= 0.3 is 29.8 Å². The fourth-order valence-corrected chi connectivity index (χ4v) is 12.1. The second kappa shape index (κ2) is 39.5. The van der Waals surface area contributed by atoms with Crippen LogP contribution < -0.4 is 22.9 Å². The summed E-state index contributed by atoms with van der Waals surface area (Å²) in [6, 6.07) is 0. The molecule has 0 aromatic heterocycles. The summed E-state index contributed by atoms with van der Waals surface area (Å²) < 4.78 is 110. The minimum Gasteiger partial charge on any atom is -0.462 e. The minimum atomic E-state index is -1.81. The van der Waals surface area contributed by atoms with Gasteiger partial charge in [-0.25, -0.2) is 37.5 Å². The van der Waals surface area contributed by atoms with Gasteiger partial charge in [-0.3, -0.25) is 24.0 Å². The third-order valence-corrected chi connectivity index (χ3v) is 18.9. The Kier molecular flexibility index (Phi) is 33.3. The van der Waals surface area contributed by atoms with Crippen molar-refractivity contribution in [2.45, 2.75) is 203 Å². The zero-order chi connectivity index (χ0) is 77.8. The van der Waals surface area contributed by atoms with Crippen LogP contribution >= 0.6 is 46.4 Å². The van der Waals surface area contributed by atoms with Crippen molar-refractivity contribution in [1.29, 1.82) is 0 Å². The number of carbonyl (C=O) groups excluding carboxylic acids is 5. The monoisotopic (exact) mass is 1560 g/mol. The summed E-state index contributed by atoms with van der Waals surface area (Å²) in [5.41, 5.74) is 16.1. The van der Waals surface area contributed by atoms with Gasteiger partial charge in [0.2, 0.25) is 0 Å². The Bertz CT molecular complexity index is 3300. The number of nitrogens with zero attached hydrogens (tertiary/aromatic N) is 8. The summed E-state index contributed by atoms with van der Waals surface area (Å²) in [5, 5.41) is 29.6. The highest BCUT2D eigenvalue weighted by atomic mass is 35.5. The molecule has 29 nitrogen and oxygen atoms in total. The average Bonchev–Trinajstić information content (AvgIpc) is 1.63. The molecule has 0 amide bonds. The van der Waals surface area contributed by atoms with Crippen LogP contribution in [0.4, 0.5) is 17.6 Å². The Morgan fingerprint density at radius 3 is 1.14 bits per heavy atom. The highest BCUT2D eigenvalue weighted by Crippen LogP contribution is 2.44. The first-order valence-corrected chi connectivity index (χ1v) is 35.6. The van der Waals surface area contributed by atoms with Crippen LogP contribution in [0, 0.1) is 11.8 Å². The number of hydrogen-bond donors (Lipinski definition) is 7. The van der Waals surface area contributed by atoms with Crippen molar-refractivity contribution < 1.29 is 99.5 Å². The molecule has 582 valence electrons. The summed E-state index contributed by atoms with van der Waals surface area (Å²) in [4.78, 5) is 80.9. The highest BCUT2D eigenvalue weighted by Gasteiger charge is 2.63. The number of aliphatic hydroxyl groups is 3. The smallest absolute Gasteiger partial charge is 0.308 e. The van der Waals surface area contributed by atoms with Gasteiger partial charge in [-0.2, -0.15) is 0 Å². The van der Waals surface area contributed by atoms with Crippen molar-refractivity contribution in [2.75, 3.05) is 49.9 Å². The fraction of sp³-hybridized carbons (Fsp3) is 0.627. The molecule has 8 heterocycles. The predicted octanol–water partition coefficient (Wildman–Crippen LogP) is 6.31. The molecule has 0 bridgehead atoms. The van der Waals surface area contributed by atoms with Crippen LogP contribution in [0.2, 0.25) is 0 Å². The summed E-state index contributed by atoms with van der Waals surface area (Å²) in [7, 11) is 0. The van der Waals surface area contributed by atoms with Gasteiger partial charge in [-0.05, 0) is 37.1 Å². The molecule has 4 fully saturated rings. The van der Waals surface area contributed by atoms with Crippen LogP contribution in [-0.4, -0.2) is 234 Å². The van der Waals surface area contributed by atoms with Gasteiger partial charge in [-0.1, -0.05) is 100 Å². The van der Waals surface area contributed by atoms with E-state index < -0.39 is 145 Å². The van der Waals surface area contributed by atoms with E-state index in [0.717, 1.165) is 25.7 Å². The summed E-state index contributed by atoms with van der Waals surface area (Å²) in [6.07, 6.45) is -0.523. The standard InChI is InChI=1S/C23H35ClFN3O5.2C15H21ClFN3O4.C14H19ClFN3O4/c1-4-6-8-10-18(29)31-15-23(14-24)21(32-19(30)11-9-7-5-2)20(25)22(33-23)28-13-12-17(26)27-16(28)3;1-8(2)14(22)23-7-15(6-16)12(21)11(17)13(24-15)20-5-4-10(18)19-9(20)3;1-8(2)14(22)23-12-11(17)13(24-15(12,6-16)7-21)20-5-4-10(18)19-9(20)3;1-3-10(21)22-12-11(16)13(23-14(12,6-15)7-20)19-5-4-9(17)18-8(19)2/h12-13,20-22H,3-11,14-15H2,1-2H3,(H2,26,27);2*4-5,8,11-13,21H,3,6-7H2,1-2H3,(H2,18,19);4-5,11-13,20H,2-3,6-7H2,1H3,(H2,17,18)/t20-,21+,22-,23-;2*11-,12+,13-,15-;11-,12+,13-,14-/m1111/s1. The number of aliphatic hydroxyl groups excluding tert-OH is 3. The van der Waals surface area contributed by atoms with Gasteiger partial charge < -0.3 is 100 Å². The number of halogens is 8. The number of amidine groups is 4. The molecule has 37 heteroatoms. The Labute approximate surface area is 621 Å². The fourth-order valence-electron chi connectivity index (χ4n) is 10.9. The lowest BCUT2D eigenvalue weighted by atomic mass is 9.98. The van der Waals surface area contributed by atoms with Crippen molar-refractivity contribution in [1.82, 2.24) is 19.6 Å². The molecule has 8 aliphatic rings. The zero-order valence-corrected chi connectivity index (χ0v) is 62.0. The largest absolute Gasteiger partial charge is 0.462 e. The molecular weight excluding hydrogens is 1460 g/mol. The Morgan fingerprint density at radius 1 is 0.490 bits per heavy atom. The number of rotatable bonds is 28. The molecule has 0 radical (unpaired) electrons. The maximum atomic E-state index is 15.7. The number of carbonyl (C=O) groups is 5. The number of ether oxygens (including phenoxy) is 9. The van der Waals surface area contributed by atoms with Crippen LogP contribution in [0.3, 0.4) is 0 Å². The van der Waals surface area contributed by atoms with E-state index in [9.17, 15) is 48.1 Å². The predicted molar refractivity (Wildman–Crippen MR) is 380 cm³/mol. The molecule has 0 aliphatic carbocycles. The second-order valence-electron chi connectivity index (χ2n) is 25.6. The van der Waals surface area contributed by atoms with E-state index in [2.05, 4.69) is 46.3 Å². The van der Waals surface area contributed by atoms with Crippen LogP contribution in [0.25, 0.3) is 0 Å². The van der Waals surface area contributed by atoms with E-state index in [1.807, 2.05) is 13.8 Å². The first-order chi connectivity index (χ1) is 49.1. The Hall–Kier alpha value is -7.05. The molecule has 104 heavy (non-hydrogen) atoms. The summed E-state index contributed by atoms with van der Waals surface area (Å²) in [5.74, 6) is -3.01. The van der Waals surface area contributed by atoms with E-state index in [1.54, 1.807) is 34.6 Å². The lowest BCUT2D eigenvalue weighted by Crippen LogP contribution is -2.50. The summed E-state index contributed by atoms with van der Waals surface area (Å²) in [6.45, 7) is 25.1. The van der Waals surface area contributed by atoms with Crippen LogP contribution in [0.5, 0.6) is 0 Å². The van der Waals surface area contributed by atoms with Crippen molar-refractivity contribution in [3.05, 3.63) is 98.7 Å². The van der Waals surface area contributed by atoms with Crippen LogP contribution in [0.15, 0.2) is 119 Å². The summed E-state index contributed by atoms with van der Waals surface area (Å²) >= 11 is 23.9. The topological polar surface area (TPSA) is 396 Å². The number of alkyl halides is 8. The first kappa shape index (κ1) is 87.6. The van der Waals surface area contributed by atoms with E-state index in [4.69, 9.17) is 112 Å². The van der Waals surface area contributed by atoms with Crippen molar-refractivity contribution >= 4 is 99.6 Å². The first-order valence-electron chi connectivity index (χ1n) is 33.4. The second-order valence-corrected chi connectivity index (χ2v) is 26.7. The van der Waals surface area contributed by atoms with Gasteiger partial charge in [-0.15, -0.1) is 46.4 Å². The van der Waals surface area contributed by atoms with Gasteiger partial charge in [0.25, 0.3) is 0 Å². The number of nitrogens with two attached hydrogens (primary N) is 4. The normalized spacial score (nSPS) is 31.3. The van der Waals surface area contributed by atoms with Crippen molar-refractivity contribution in [3.8, 4) is 0 Å². The van der Waals surface area contributed by atoms with Crippen LogP contribution in [-0.2, 0) is 66.6 Å². The average molecular weight is 1560 g/mol. The van der Waals surface area contributed by atoms with Gasteiger partial charge in [0.1, 0.15) is 82.7 Å². The molecule has 0 aromatic rings. The lowest BCUT2D eigenvalue weighted by molar-refractivity contribution is -0.174. The van der Waals surface area contributed by atoms with E-state index in [0.29, 0.717) is 12.8 Å². The molecular formula is C67H96Cl4F4N12O17. The Balaban J connectivity index is 0.000000252. The molecule has 8 aliphatic heterocycles. The van der Waals surface area contributed by atoms with Crippen molar-refractivity contribution in [3.63, 3.8) is 0 Å². The number of unbranched alkanes of at least 4 members (excludes halogenated alkanes) is 4. The molecule has 0 spiro atoms. The maximum absolute atomic E-state index is 15.7. The minimum absolute atomic E-state index is 0.0643. The number of hydrogen-bond acceptors (Lipinski definition) is 29. The zero-order valence-electron chi connectivity index (χ0n) is 59.0. The van der Waals surface area contributed by atoms with Gasteiger partial charge in [0.15, 0.2) is 73.5 Å². The molecule has 8 rings (SSSR count). The van der Waals surface area contributed by atoms with E-state index in [-0.39, 0.29) is 109 Å². The molecule has 0 unspecified atom stereocenters. The van der Waals surface area contributed by atoms with Gasteiger partial charge in [0.05, 0.1) is 48.6 Å². The Morgan fingerprint density at radius 2 is 0.808 bits per heavy atom. The number of esters is 5. The van der Waals surface area contributed by atoms with E-state index in [1.165, 1.54) is 68.7 Å². The molecule has 0 aromatic carbocycles. The molecule has 0 saturated carbocycles. The molecule has 11 N–H and O–H groups in total. The molecule has 16 atom stereocenters. The molecule has 4 saturated heterocycles. The van der Waals surface area contributed by atoms with E-state index >= 15 is 8.78 Å². The quantitative estimate of drug-likeness (QED) is 0.0148. The van der Waals surface area contributed by atoms with Gasteiger partial charge in [0, 0.05) is 44.1 Å². The highest BCUT2D eigenvalue weighted by molar-refractivity contribution is 6.19. The van der Waals surface area contributed by atoms with Crippen LogP contribution in [0.1, 0.15) is 106 Å². The number of aliphatic imine (C=N–C) groups is 4. The maximum Gasteiger partial charge on any atom is 0.308 e. The SMILES string of the molecule is C=C1N=C(N)C=CN1[C@@H]1O[C@@](CO)(CCl)[C@@H](OC(=O)C(C)C)[C@H]1F.C=C1N=C(N)C=CN1[C@@H]1O[C@@](CO)(CCl)[C@@H](OC(=O)CC)[C@H]1F.C=C1N=C(N)C=CN1[C@@H]1O[C@](CCl)(COC(=O)C(C)C)[C@@H](O)[C@H]1F.C=C1N=C(N)C=CN1[C@@H]1O[C@](CCl)(COC(=O)CCCCC)[C@@H](OC(=O)CCCCC)[C@H]1F.